The van der Waals surface area contributed by atoms with Crippen LogP contribution in [-0.2, 0) is 9.59 Å². The van der Waals surface area contributed by atoms with Crippen LogP contribution in [0.25, 0.3) is 10.4 Å². The Morgan fingerprint density at radius 1 is 1.18 bits per heavy atom. The number of primary amides is 1. The number of nitrogens with two attached hydrogens (primary N) is 1. The molecule has 10 heteroatoms. The second kappa shape index (κ2) is 7.47. The van der Waals surface area contributed by atoms with E-state index >= 15 is 0 Å². The summed E-state index contributed by atoms with van der Waals surface area (Å²) in [6.07, 6.45) is -3.45. The van der Waals surface area contributed by atoms with E-state index in [1.54, 1.807) is 31.2 Å². The summed E-state index contributed by atoms with van der Waals surface area (Å²) >= 11 is 1.36. The minimum Gasteiger partial charge on any atom is -0.508 e. The van der Waals surface area contributed by atoms with Gasteiger partial charge in [0, 0.05) is 27.8 Å². The Kier molecular flexibility index (Phi) is 5.00. The summed E-state index contributed by atoms with van der Waals surface area (Å²) in [6.45, 7) is 1.70. The summed E-state index contributed by atoms with van der Waals surface area (Å²) in [4.78, 5) is 39.3. The van der Waals surface area contributed by atoms with Crippen molar-refractivity contribution < 1.29 is 39.9 Å². The number of phenols is 1. The molecule has 178 valence electrons. The number of aliphatic hydroxyl groups is 4. The zero-order chi connectivity index (χ0) is 24.7. The van der Waals surface area contributed by atoms with Crippen molar-refractivity contribution in [3.8, 4) is 16.2 Å². The third-order valence-electron chi connectivity index (χ3n) is 7.61. The van der Waals surface area contributed by atoms with E-state index in [1.165, 1.54) is 11.3 Å². The fraction of sp³-hybridized carbons (Fsp3) is 0.375. The highest BCUT2D eigenvalue weighted by molar-refractivity contribution is 7.13. The summed E-state index contributed by atoms with van der Waals surface area (Å²) in [5.41, 5.74) is 2.85. The Morgan fingerprint density at radius 3 is 2.50 bits per heavy atom. The van der Waals surface area contributed by atoms with Gasteiger partial charge in [0.1, 0.15) is 17.4 Å². The largest absolute Gasteiger partial charge is 0.508 e. The first-order chi connectivity index (χ1) is 16.0. The molecule has 1 aromatic carbocycles. The lowest BCUT2D eigenvalue weighted by Gasteiger charge is -2.52. The van der Waals surface area contributed by atoms with Crippen molar-refractivity contribution in [2.45, 2.75) is 37.1 Å². The number of fused-ring (bicyclic) bond motifs is 3. The van der Waals surface area contributed by atoms with Crippen molar-refractivity contribution in [2.75, 3.05) is 0 Å². The number of amides is 1. The molecule has 5 rings (SSSR count). The Morgan fingerprint density at radius 2 is 1.88 bits per heavy atom. The Labute approximate surface area is 197 Å². The fourth-order valence-corrected chi connectivity index (χ4v) is 6.68. The number of hydrogen-bond acceptors (Lipinski definition) is 9. The second-order valence-corrected chi connectivity index (χ2v) is 10.2. The SMILES string of the molecule is C[C@H]1c2ccc(-c3cccs3)c(O)c2C(=O)C2=C(O)[C@]3(O)C(=O)C(C(N)=O)C(O)C[C@@H]3[C@@H](O)[C@@H]21. The van der Waals surface area contributed by atoms with Gasteiger partial charge in [-0.15, -0.1) is 11.3 Å². The molecule has 0 spiro atoms. The maximum absolute atomic E-state index is 13.6. The molecule has 3 aliphatic rings. The molecule has 0 saturated heterocycles. The van der Waals surface area contributed by atoms with Crippen molar-refractivity contribution in [2.24, 2.45) is 23.5 Å². The highest BCUT2D eigenvalue weighted by Crippen LogP contribution is 2.55. The molecule has 7 atom stereocenters. The number of Topliss-reactive ketones (excluding diaryl/α,β-unsaturated/α-hetero) is 2. The molecular weight excluding hydrogens is 462 g/mol. The van der Waals surface area contributed by atoms with Gasteiger partial charge in [0.05, 0.1) is 17.8 Å². The van der Waals surface area contributed by atoms with Crippen LogP contribution in [0.4, 0.5) is 0 Å². The normalized spacial score (nSPS) is 34.9. The lowest BCUT2D eigenvalue weighted by atomic mass is 9.54. The number of benzene rings is 1. The molecule has 1 saturated carbocycles. The number of carbonyl (C=O) groups is 3. The average Bonchev–Trinajstić information content (AvgIpc) is 3.31. The zero-order valence-corrected chi connectivity index (χ0v) is 18.8. The lowest BCUT2D eigenvalue weighted by Crippen LogP contribution is -2.67. The zero-order valence-electron chi connectivity index (χ0n) is 18.0. The number of carbonyl (C=O) groups excluding carboxylic acids is 3. The molecule has 0 bridgehead atoms. The summed E-state index contributed by atoms with van der Waals surface area (Å²) in [5, 5.41) is 56.9. The molecule has 1 aromatic heterocycles. The van der Waals surface area contributed by atoms with E-state index in [1.807, 2.05) is 5.38 Å². The van der Waals surface area contributed by atoms with E-state index in [4.69, 9.17) is 5.73 Å². The van der Waals surface area contributed by atoms with Crippen LogP contribution in [0, 0.1) is 17.8 Å². The van der Waals surface area contributed by atoms with E-state index in [0.717, 1.165) is 0 Å². The number of phenolic OH excluding ortho intramolecular Hbond substituents is 1. The van der Waals surface area contributed by atoms with E-state index in [0.29, 0.717) is 16.0 Å². The highest BCUT2D eigenvalue weighted by atomic mass is 32.1. The van der Waals surface area contributed by atoms with Gasteiger partial charge in [-0.05, 0) is 35.4 Å². The van der Waals surface area contributed by atoms with Gasteiger partial charge in [-0.3, -0.25) is 14.4 Å². The van der Waals surface area contributed by atoms with Crippen LogP contribution in [0.15, 0.2) is 41.0 Å². The van der Waals surface area contributed by atoms with E-state index in [-0.39, 0.29) is 17.7 Å². The van der Waals surface area contributed by atoms with Crippen LogP contribution in [0.5, 0.6) is 5.75 Å². The van der Waals surface area contributed by atoms with Crippen molar-refractivity contribution in [3.63, 3.8) is 0 Å². The number of rotatable bonds is 2. The topological polar surface area (TPSA) is 178 Å². The minimum absolute atomic E-state index is 0.0832. The van der Waals surface area contributed by atoms with Gasteiger partial charge in [0.2, 0.25) is 5.91 Å². The molecule has 1 heterocycles. The van der Waals surface area contributed by atoms with Gasteiger partial charge >= 0.3 is 0 Å². The number of ketones is 2. The van der Waals surface area contributed by atoms with Crippen LogP contribution in [-0.4, -0.2) is 60.8 Å². The van der Waals surface area contributed by atoms with Crippen molar-refractivity contribution >= 4 is 28.8 Å². The lowest BCUT2D eigenvalue weighted by molar-refractivity contribution is -0.179. The Hall–Kier alpha value is -3.05. The van der Waals surface area contributed by atoms with Crippen LogP contribution in [0.1, 0.15) is 35.2 Å². The maximum atomic E-state index is 13.6. The molecule has 2 aromatic rings. The number of hydrogen-bond donors (Lipinski definition) is 6. The van der Waals surface area contributed by atoms with Crippen molar-refractivity contribution in [1.29, 1.82) is 0 Å². The Bertz CT molecular complexity index is 1270. The molecule has 3 aliphatic carbocycles. The second-order valence-electron chi connectivity index (χ2n) is 9.22. The summed E-state index contributed by atoms with van der Waals surface area (Å²) in [6, 6.07) is 6.92. The first-order valence-electron chi connectivity index (χ1n) is 10.8. The van der Waals surface area contributed by atoms with Crippen molar-refractivity contribution in [1.82, 2.24) is 0 Å². The van der Waals surface area contributed by atoms with E-state index < -0.39 is 70.3 Å². The molecule has 7 N–H and O–H groups in total. The monoisotopic (exact) mass is 485 g/mol. The molecule has 0 aliphatic heterocycles. The summed E-state index contributed by atoms with van der Waals surface area (Å²) < 4.78 is 0. The average molecular weight is 486 g/mol. The van der Waals surface area contributed by atoms with Crippen LogP contribution in [0.2, 0.25) is 0 Å². The van der Waals surface area contributed by atoms with Gasteiger partial charge in [-0.25, -0.2) is 0 Å². The van der Waals surface area contributed by atoms with Crippen LogP contribution >= 0.6 is 11.3 Å². The molecule has 9 nitrogen and oxygen atoms in total. The fourth-order valence-electron chi connectivity index (χ4n) is 5.93. The first kappa shape index (κ1) is 22.7. The van der Waals surface area contributed by atoms with Gasteiger partial charge < -0.3 is 31.3 Å². The predicted octanol–water partition coefficient (Wildman–Crippen LogP) is 1.01. The highest BCUT2D eigenvalue weighted by Gasteiger charge is 2.66. The third-order valence-corrected chi connectivity index (χ3v) is 8.51. The van der Waals surface area contributed by atoms with Gasteiger partial charge in [-0.1, -0.05) is 19.1 Å². The number of thiophene rings is 1. The molecule has 0 radical (unpaired) electrons. The summed E-state index contributed by atoms with van der Waals surface area (Å²) in [7, 11) is 0. The quantitative estimate of drug-likeness (QED) is 0.341. The van der Waals surface area contributed by atoms with Crippen molar-refractivity contribution in [3.05, 3.63) is 52.1 Å². The number of aromatic hydroxyl groups is 1. The van der Waals surface area contributed by atoms with E-state index in [9.17, 15) is 39.9 Å². The smallest absolute Gasteiger partial charge is 0.230 e. The van der Waals surface area contributed by atoms with Gasteiger partial charge in [0.15, 0.2) is 17.2 Å². The predicted molar refractivity (Wildman–Crippen MR) is 120 cm³/mol. The van der Waals surface area contributed by atoms with Gasteiger partial charge in [0.25, 0.3) is 0 Å². The standard InChI is InChI=1S/C24H23NO8S/c1-8-9-4-5-10(13-3-2-6-34-13)18(27)15(9)20(29)17-14(8)19(28)11-7-12(26)16(23(25)32)21(30)24(11,33)22(17)31/h2-6,8,11-12,14,16,19,26-28,31,33H,7H2,1H3,(H2,25,32)/t8-,11+,12?,14+,16?,19+,24+/m0/s1. The molecule has 2 unspecified atom stereocenters. The minimum atomic E-state index is -2.78. The maximum Gasteiger partial charge on any atom is 0.230 e. The van der Waals surface area contributed by atoms with E-state index in [2.05, 4.69) is 0 Å². The van der Waals surface area contributed by atoms with Gasteiger partial charge in [-0.2, -0.15) is 0 Å². The third kappa shape index (κ3) is 2.73. The molecule has 1 amide bonds. The molecular formula is C24H23NO8S. The number of aliphatic hydroxyl groups excluding tert-OH is 3. The molecule has 1 fully saturated rings. The van der Waals surface area contributed by atoms with Crippen LogP contribution in [0.3, 0.4) is 0 Å². The first-order valence-corrected chi connectivity index (χ1v) is 11.7. The molecule has 34 heavy (non-hydrogen) atoms. The summed E-state index contributed by atoms with van der Waals surface area (Å²) in [5.74, 6) is -9.34. The van der Waals surface area contributed by atoms with Crippen LogP contribution < -0.4 is 5.73 Å². The Balaban J connectivity index is 1.73.